The number of ether oxygens (including phenoxy) is 1. The molecule has 0 radical (unpaired) electrons. The lowest BCUT2D eigenvalue weighted by Gasteiger charge is -2.16. The quantitative estimate of drug-likeness (QED) is 0.895. The first-order chi connectivity index (χ1) is 11.9. The highest BCUT2D eigenvalue weighted by Gasteiger charge is 2.33. The van der Waals surface area contributed by atoms with Crippen LogP contribution in [-0.4, -0.2) is 45.5 Å². The summed E-state index contributed by atoms with van der Waals surface area (Å²) in [5.41, 5.74) is 1.52. The summed E-state index contributed by atoms with van der Waals surface area (Å²) in [5, 5.41) is 10.2. The van der Waals surface area contributed by atoms with E-state index >= 15 is 0 Å². The zero-order chi connectivity index (χ0) is 17.9. The maximum absolute atomic E-state index is 12.3. The van der Waals surface area contributed by atoms with Gasteiger partial charge >= 0.3 is 6.36 Å². The summed E-state index contributed by atoms with van der Waals surface area (Å²) in [5.74, 6) is -0.216. The third-order valence-electron chi connectivity index (χ3n) is 4.11. The third-order valence-corrected chi connectivity index (χ3v) is 4.11. The summed E-state index contributed by atoms with van der Waals surface area (Å²) in [6, 6.07) is 5.91. The molecule has 0 unspecified atom stereocenters. The second-order valence-corrected chi connectivity index (χ2v) is 6.12. The molecule has 8 heteroatoms. The highest BCUT2D eigenvalue weighted by molar-refractivity contribution is 5.28. The molecule has 0 aliphatic carbocycles. The van der Waals surface area contributed by atoms with Crippen molar-refractivity contribution in [3.8, 4) is 5.75 Å². The maximum Gasteiger partial charge on any atom is 0.573 e. The Hall–Kier alpha value is -2.19. The van der Waals surface area contributed by atoms with Crippen LogP contribution < -0.4 is 4.74 Å². The van der Waals surface area contributed by atoms with Crippen molar-refractivity contribution in [3.63, 3.8) is 0 Å². The molecule has 1 N–H and O–H groups in total. The lowest BCUT2D eigenvalue weighted by atomic mass is 10.0. The van der Waals surface area contributed by atoms with Gasteiger partial charge in [0, 0.05) is 44.1 Å². The molecule has 2 atom stereocenters. The van der Waals surface area contributed by atoms with Gasteiger partial charge in [0.1, 0.15) is 5.75 Å². The molecule has 2 aromatic rings. The van der Waals surface area contributed by atoms with Crippen molar-refractivity contribution in [2.45, 2.75) is 25.4 Å². The van der Waals surface area contributed by atoms with Crippen LogP contribution in [-0.2, 0) is 13.0 Å². The Balaban J connectivity index is 1.60. The molecule has 1 saturated heterocycles. The van der Waals surface area contributed by atoms with Gasteiger partial charge in [0.25, 0.3) is 0 Å². The van der Waals surface area contributed by atoms with E-state index in [1.807, 2.05) is 4.90 Å². The van der Waals surface area contributed by atoms with E-state index in [2.05, 4.69) is 14.7 Å². The normalized spacial score (nSPS) is 21.4. The minimum Gasteiger partial charge on any atom is -0.406 e. The Morgan fingerprint density at radius 3 is 2.80 bits per heavy atom. The molecule has 1 aliphatic rings. The molecule has 5 nitrogen and oxygen atoms in total. The molecular weight excluding hydrogens is 335 g/mol. The molecule has 0 saturated carbocycles. The van der Waals surface area contributed by atoms with Crippen molar-refractivity contribution in [1.82, 2.24) is 14.9 Å². The lowest BCUT2D eigenvalue weighted by Crippen LogP contribution is -2.21. The van der Waals surface area contributed by atoms with Crippen LogP contribution in [0, 0.1) is 5.92 Å². The van der Waals surface area contributed by atoms with Crippen LogP contribution in [0.2, 0.25) is 0 Å². The van der Waals surface area contributed by atoms with Gasteiger partial charge in [-0.2, -0.15) is 0 Å². The number of benzene rings is 1. The fourth-order valence-electron chi connectivity index (χ4n) is 3.07. The fourth-order valence-corrected chi connectivity index (χ4v) is 3.07. The number of hydrogen-bond donors (Lipinski definition) is 1. The highest BCUT2D eigenvalue weighted by Crippen LogP contribution is 2.26. The number of aliphatic hydroxyl groups is 1. The molecule has 3 rings (SSSR count). The number of alkyl halides is 3. The van der Waals surface area contributed by atoms with E-state index in [-0.39, 0.29) is 11.7 Å². The van der Waals surface area contributed by atoms with E-state index in [1.165, 1.54) is 18.2 Å². The van der Waals surface area contributed by atoms with Crippen LogP contribution in [0.5, 0.6) is 5.75 Å². The molecule has 0 bridgehead atoms. The number of aliphatic hydroxyl groups excluding tert-OH is 1. The SMILES string of the molecule is O[C@@H]1CN(Cc2cccc(OC(F)(F)F)c2)C[C@H]1Cc1cnccn1. The van der Waals surface area contributed by atoms with Gasteiger partial charge < -0.3 is 9.84 Å². The van der Waals surface area contributed by atoms with Crippen LogP contribution >= 0.6 is 0 Å². The standard InChI is InChI=1S/C17H18F3N3O2/c18-17(19,20)25-15-3-1-2-12(6-15)9-23-10-13(16(24)11-23)7-14-8-21-4-5-22-14/h1-6,8,13,16,24H,7,9-11H2/t13-,16-/m1/s1. The lowest BCUT2D eigenvalue weighted by molar-refractivity contribution is -0.274. The molecule has 1 aromatic carbocycles. The van der Waals surface area contributed by atoms with E-state index in [4.69, 9.17) is 0 Å². The smallest absolute Gasteiger partial charge is 0.406 e. The first-order valence-electron chi connectivity index (χ1n) is 7.89. The minimum atomic E-state index is -4.70. The number of likely N-dealkylation sites (tertiary alicyclic amines) is 1. The van der Waals surface area contributed by atoms with Crippen molar-refractivity contribution in [2.24, 2.45) is 5.92 Å². The van der Waals surface area contributed by atoms with Crippen LogP contribution in [0.4, 0.5) is 13.2 Å². The zero-order valence-corrected chi connectivity index (χ0v) is 13.4. The molecule has 1 aliphatic heterocycles. The molecule has 1 aromatic heterocycles. The molecule has 2 heterocycles. The first kappa shape index (κ1) is 17.6. The third kappa shape index (κ3) is 5.14. The van der Waals surface area contributed by atoms with E-state index in [9.17, 15) is 18.3 Å². The Morgan fingerprint density at radius 2 is 2.08 bits per heavy atom. The summed E-state index contributed by atoms with van der Waals surface area (Å²) in [4.78, 5) is 10.2. The molecule has 1 fully saturated rings. The van der Waals surface area contributed by atoms with E-state index in [1.54, 1.807) is 24.7 Å². The Morgan fingerprint density at radius 1 is 1.24 bits per heavy atom. The molecule has 134 valence electrons. The first-order valence-corrected chi connectivity index (χ1v) is 7.89. The van der Waals surface area contributed by atoms with Crippen molar-refractivity contribution in [2.75, 3.05) is 13.1 Å². The molecule has 0 spiro atoms. The van der Waals surface area contributed by atoms with Crippen LogP contribution in [0.1, 0.15) is 11.3 Å². The van der Waals surface area contributed by atoms with Gasteiger partial charge in [-0.05, 0) is 24.1 Å². The number of aromatic nitrogens is 2. The summed E-state index contributed by atoms with van der Waals surface area (Å²) in [6.07, 6.45) is 0.286. The number of β-amino-alcohol motifs (C(OH)–C–C–N with tert-alkyl or cyclic N) is 1. The average molecular weight is 353 g/mol. The predicted molar refractivity (Wildman–Crippen MR) is 83.6 cm³/mol. The van der Waals surface area contributed by atoms with Gasteiger partial charge in [-0.3, -0.25) is 14.9 Å². The van der Waals surface area contributed by atoms with Gasteiger partial charge in [0.2, 0.25) is 0 Å². The summed E-state index contributed by atoms with van der Waals surface area (Å²) in [7, 11) is 0. The Bertz CT molecular complexity index is 697. The van der Waals surface area contributed by atoms with Crippen molar-refractivity contribution in [3.05, 3.63) is 54.1 Å². The second-order valence-electron chi connectivity index (χ2n) is 6.12. The van der Waals surface area contributed by atoms with Crippen LogP contribution in [0.3, 0.4) is 0 Å². The van der Waals surface area contributed by atoms with E-state index < -0.39 is 12.5 Å². The molecular formula is C17H18F3N3O2. The van der Waals surface area contributed by atoms with E-state index in [0.29, 0.717) is 31.6 Å². The maximum atomic E-state index is 12.3. The summed E-state index contributed by atoms with van der Waals surface area (Å²) in [6.45, 7) is 1.56. The molecule has 25 heavy (non-hydrogen) atoms. The Kier molecular flexibility index (Phi) is 5.19. The predicted octanol–water partition coefficient (Wildman–Crippen LogP) is 2.41. The van der Waals surface area contributed by atoms with Gasteiger partial charge in [-0.15, -0.1) is 13.2 Å². The molecule has 0 amide bonds. The summed E-state index contributed by atoms with van der Waals surface area (Å²) < 4.78 is 40.9. The zero-order valence-electron chi connectivity index (χ0n) is 13.4. The second kappa shape index (κ2) is 7.37. The van der Waals surface area contributed by atoms with Gasteiger partial charge in [-0.1, -0.05) is 12.1 Å². The average Bonchev–Trinajstić information content (AvgIpc) is 2.86. The number of rotatable bonds is 5. The van der Waals surface area contributed by atoms with Gasteiger partial charge in [0.15, 0.2) is 0 Å². The van der Waals surface area contributed by atoms with Gasteiger partial charge in [-0.25, -0.2) is 0 Å². The number of nitrogens with zero attached hydrogens (tertiary/aromatic N) is 3. The van der Waals surface area contributed by atoms with Crippen molar-refractivity contribution in [1.29, 1.82) is 0 Å². The van der Waals surface area contributed by atoms with Crippen LogP contribution in [0.15, 0.2) is 42.9 Å². The Labute approximate surface area is 143 Å². The minimum absolute atomic E-state index is 0.0197. The van der Waals surface area contributed by atoms with E-state index in [0.717, 1.165) is 5.69 Å². The largest absolute Gasteiger partial charge is 0.573 e. The monoisotopic (exact) mass is 353 g/mol. The number of hydrogen-bond acceptors (Lipinski definition) is 5. The summed E-state index contributed by atoms with van der Waals surface area (Å²) >= 11 is 0. The van der Waals surface area contributed by atoms with Crippen LogP contribution in [0.25, 0.3) is 0 Å². The van der Waals surface area contributed by atoms with Crippen molar-refractivity contribution < 1.29 is 23.0 Å². The van der Waals surface area contributed by atoms with Gasteiger partial charge in [0.05, 0.1) is 11.8 Å². The van der Waals surface area contributed by atoms with Crippen molar-refractivity contribution >= 4 is 0 Å². The topological polar surface area (TPSA) is 58.5 Å². The highest BCUT2D eigenvalue weighted by atomic mass is 19.4. The number of halogens is 3. The fraction of sp³-hybridized carbons (Fsp3) is 0.412.